The first-order valence-corrected chi connectivity index (χ1v) is 23.0. The Balaban J connectivity index is 0.000000170. The minimum absolute atomic E-state index is 0.158. The van der Waals surface area contributed by atoms with Crippen molar-refractivity contribution in [2.75, 3.05) is 5.32 Å². The summed E-state index contributed by atoms with van der Waals surface area (Å²) >= 11 is 0. The molecule has 356 valence electrons. The van der Waals surface area contributed by atoms with E-state index in [2.05, 4.69) is 56.3 Å². The van der Waals surface area contributed by atoms with Gasteiger partial charge < -0.3 is 23.9 Å². The molecule has 0 aliphatic rings. The first-order valence-electron chi connectivity index (χ1n) is 23.0. The Morgan fingerprint density at radius 1 is 0.479 bits per heavy atom. The number of aromatic nitrogens is 6. The van der Waals surface area contributed by atoms with Crippen LogP contribution in [0.4, 0.5) is 16.0 Å². The molecule has 0 bridgehead atoms. The molecule has 0 radical (unpaired) electrons. The van der Waals surface area contributed by atoms with E-state index in [0.29, 0.717) is 64.1 Å². The predicted molar refractivity (Wildman–Crippen MR) is 278 cm³/mol. The number of nitriles is 4. The molecule has 0 amide bonds. The summed E-state index contributed by atoms with van der Waals surface area (Å²) in [6.07, 6.45) is 2.97. The standard InChI is InChI=1S/C29H22N6O.C22H17FN4O.C8H7N/c1-19-14-23(17-31)15-20(2)26(19)36-28-25-12-13-35(18-22-6-4-3-5-7-22)27(25)33-29(34-28)32-24-10-8-21(16-30)9-11-24;1-14-10-17(12-24)11-15(2)19(14)28-21-18-8-9-27(20(18)25-22(23)26-21)13-16-6-4-3-5-7-16;1-7-2-4-8(6-9)5-3-7/h3-15H,18H2,1-2H3,(H,32,33,34);3-11H,13H2,1-2H3;2-5H,1H3. The molecule has 13 nitrogen and oxygen atoms in total. The van der Waals surface area contributed by atoms with Crippen LogP contribution in [0.3, 0.4) is 0 Å². The minimum atomic E-state index is -0.848. The van der Waals surface area contributed by atoms with Gasteiger partial charge in [-0.1, -0.05) is 78.4 Å². The Labute approximate surface area is 421 Å². The van der Waals surface area contributed by atoms with E-state index in [-0.39, 0.29) is 5.88 Å². The topological polar surface area (TPSA) is 187 Å². The first-order chi connectivity index (χ1) is 35.4. The number of ether oxygens (including phenoxy) is 2. The fourth-order valence-corrected chi connectivity index (χ4v) is 8.01. The number of hydrogen-bond acceptors (Lipinski definition) is 11. The van der Waals surface area contributed by atoms with E-state index in [4.69, 9.17) is 35.2 Å². The van der Waals surface area contributed by atoms with Crippen molar-refractivity contribution >= 4 is 33.7 Å². The van der Waals surface area contributed by atoms with Crippen molar-refractivity contribution in [2.45, 2.75) is 47.7 Å². The fourth-order valence-electron chi connectivity index (χ4n) is 8.01. The van der Waals surface area contributed by atoms with Gasteiger partial charge in [-0.15, -0.1) is 0 Å². The Hall–Kier alpha value is -10.2. The lowest BCUT2D eigenvalue weighted by molar-refractivity contribution is 0.437. The van der Waals surface area contributed by atoms with Gasteiger partial charge in [-0.3, -0.25) is 0 Å². The summed E-state index contributed by atoms with van der Waals surface area (Å²) < 4.78 is 30.4. The summed E-state index contributed by atoms with van der Waals surface area (Å²) in [7, 11) is 0. The number of rotatable bonds is 10. The monoisotopic (exact) mass is 959 g/mol. The zero-order valence-electron chi connectivity index (χ0n) is 40.6. The number of benzene rings is 6. The van der Waals surface area contributed by atoms with E-state index < -0.39 is 6.08 Å². The molecule has 10 aromatic rings. The molecule has 14 heteroatoms. The first kappa shape index (κ1) is 49.3. The summed E-state index contributed by atoms with van der Waals surface area (Å²) in [4.78, 5) is 17.3. The third-order valence-corrected chi connectivity index (χ3v) is 11.6. The van der Waals surface area contributed by atoms with Crippen LogP contribution in [-0.2, 0) is 13.1 Å². The van der Waals surface area contributed by atoms with Crippen molar-refractivity contribution in [3.05, 3.63) is 225 Å². The highest BCUT2D eigenvalue weighted by Gasteiger charge is 2.19. The maximum atomic E-state index is 14.2. The number of halogens is 1. The second kappa shape index (κ2) is 22.5. The van der Waals surface area contributed by atoms with Crippen LogP contribution >= 0.6 is 0 Å². The van der Waals surface area contributed by atoms with E-state index >= 15 is 0 Å². The minimum Gasteiger partial charge on any atom is -0.438 e. The van der Waals surface area contributed by atoms with E-state index in [1.165, 1.54) is 5.56 Å². The number of nitrogens with zero attached hydrogens (tertiary/aromatic N) is 10. The molecular weight excluding hydrogens is 914 g/mol. The number of hydrogen-bond donors (Lipinski definition) is 1. The van der Waals surface area contributed by atoms with E-state index in [0.717, 1.165) is 55.7 Å². The second-order valence-corrected chi connectivity index (χ2v) is 17.1. The number of fused-ring (bicyclic) bond motifs is 2. The van der Waals surface area contributed by atoms with Gasteiger partial charge in [0.15, 0.2) is 5.65 Å². The van der Waals surface area contributed by atoms with Crippen molar-refractivity contribution in [1.82, 2.24) is 29.1 Å². The molecule has 6 aromatic carbocycles. The van der Waals surface area contributed by atoms with Gasteiger partial charge in [0.2, 0.25) is 17.7 Å². The molecule has 0 atom stereocenters. The molecule has 4 aromatic heterocycles. The lowest BCUT2D eigenvalue weighted by Crippen LogP contribution is -2.04. The maximum absolute atomic E-state index is 14.2. The molecule has 1 N–H and O–H groups in total. The Morgan fingerprint density at radius 2 is 0.890 bits per heavy atom. The summed E-state index contributed by atoms with van der Waals surface area (Å²) in [5.41, 5.74) is 11.1. The van der Waals surface area contributed by atoms with Gasteiger partial charge in [-0.05, 0) is 141 Å². The number of aryl methyl sites for hydroxylation is 5. The van der Waals surface area contributed by atoms with E-state index in [1.54, 1.807) is 36.4 Å². The molecule has 0 unspecified atom stereocenters. The molecule has 4 heterocycles. The highest BCUT2D eigenvalue weighted by molar-refractivity contribution is 5.84. The lowest BCUT2D eigenvalue weighted by atomic mass is 10.1. The van der Waals surface area contributed by atoms with Crippen molar-refractivity contribution in [3.8, 4) is 47.5 Å². The number of nitrogens with one attached hydrogen (secondary N) is 1. The molecule has 10 rings (SSSR count). The fraction of sp³-hybridized carbons (Fsp3) is 0.119. The number of anilines is 2. The molecule has 0 fully saturated rings. The quantitative estimate of drug-likeness (QED) is 0.128. The molecule has 0 spiro atoms. The van der Waals surface area contributed by atoms with Gasteiger partial charge in [0.05, 0.1) is 57.3 Å². The third kappa shape index (κ3) is 12.0. The van der Waals surface area contributed by atoms with Gasteiger partial charge in [0.1, 0.15) is 17.1 Å². The molecular formula is C59H46FN11O2. The van der Waals surface area contributed by atoms with Gasteiger partial charge >= 0.3 is 6.08 Å². The van der Waals surface area contributed by atoms with E-state index in [9.17, 15) is 9.65 Å². The molecule has 0 saturated heterocycles. The van der Waals surface area contributed by atoms with Crippen LogP contribution in [-0.4, -0.2) is 29.1 Å². The van der Waals surface area contributed by atoms with Gasteiger partial charge in [0, 0.05) is 31.2 Å². The zero-order chi connectivity index (χ0) is 51.4. The van der Waals surface area contributed by atoms with Crippen LogP contribution < -0.4 is 14.8 Å². The predicted octanol–water partition coefficient (Wildman–Crippen LogP) is 13.1. The molecule has 0 saturated carbocycles. The summed E-state index contributed by atoms with van der Waals surface area (Å²) in [6.45, 7) is 10.7. The zero-order valence-corrected chi connectivity index (χ0v) is 40.6. The highest BCUT2D eigenvalue weighted by Crippen LogP contribution is 2.36. The SMILES string of the molecule is Cc1cc(C#N)cc(C)c1Oc1nc(F)nc2c1ccn2Cc1ccccc1.Cc1cc(C#N)cc(C)c1Oc1nc(Nc2ccc(C#N)cc2)nc2c1ccn2Cc1ccccc1.Cc1ccc(C#N)cc1. The Bertz CT molecular complexity index is 3720. The Kier molecular flexibility index (Phi) is 15.2. The lowest BCUT2D eigenvalue weighted by Gasteiger charge is -2.14. The average molecular weight is 960 g/mol. The van der Waals surface area contributed by atoms with Gasteiger partial charge in [0.25, 0.3) is 0 Å². The summed E-state index contributed by atoms with van der Waals surface area (Å²) in [5.74, 6) is 2.17. The van der Waals surface area contributed by atoms with Crippen molar-refractivity contribution < 1.29 is 13.9 Å². The van der Waals surface area contributed by atoms with Crippen molar-refractivity contribution in [1.29, 1.82) is 21.0 Å². The van der Waals surface area contributed by atoms with Crippen LogP contribution in [0.25, 0.3) is 22.1 Å². The normalized spacial score (nSPS) is 10.4. The second-order valence-electron chi connectivity index (χ2n) is 17.1. The van der Waals surface area contributed by atoms with Crippen LogP contribution in [0.1, 0.15) is 61.2 Å². The Morgan fingerprint density at radius 3 is 1.33 bits per heavy atom. The largest absolute Gasteiger partial charge is 0.438 e. The van der Waals surface area contributed by atoms with Crippen LogP contribution in [0.5, 0.6) is 23.3 Å². The molecule has 0 aliphatic carbocycles. The smallest absolute Gasteiger partial charge is 0.313 e. The maximum Gasteiger partial charge on any atom is 0.313 e. The summed E-state index contributed by atoms with van der Waals surface area (Å²) in [5, 5.41) is 40.5. The van der Waals surface area contributed by atoms with E-state index in [1.807, 2.05) is 149 Å². The van der Waals surface area contributed by atoms with Gasteiger partial charge in [-0.2, -0.15) is 45.4 Å². The van der Waals surface area contributed by atoms with Crippen LogP contribution in [0, 0.1) is 86.0 Å². The highest BCUT2D eigenvalue weighted by atomic mass is 19.1. The average Bonchev–Trinajstić information content (AvgIpc) is 4.00. The summed E-state index contributed by atoms with van der Waals surface area (Å²) in [6, 6.07) is 54.0. The molecule has 0 aliphatic heterocycles. The van der Waals surface area contributed by atoms with Crippen molar-refractivity contribution in [2.24, 2.45) is 0 Å². The van der Waals surface area contributed by atoms with Crippen LogP contribution in [0.2, 0.25) is 0 Å². The third-order valence-electron chi connectivity index (χ3n) is 11.6. The van der Waals surface area contributed by atoms with Crippen LogP contribution in [0.15, 0.2) is 158 Å². The molecule has 73 heavy (non-hydrogen) atoms. The van der Waals surface area contributed by atoms with Crippen molar-refractivity contribution in [3.63, 3.8) is 0 Å². The van der Waals surface area contributed by atoms with Gasteiger partial charge in [-0.25, -0.2) is 0 Å².